The van der Waals surface area contributed by atoms with Crippen molar-refractivity contribution in [2.75, 3.05) is 7.05 Å². The highest BCUT2D eigenvalue weighted by molar-refractivity contribution is 9.10. The van der Waals surface area contributed by atoms with E-state index in [0.29, 0.717) is 0 Å². The van der Waals surface area contributed by atoms with E-state index in [9.17, 15) is 0 Å². The fraction of sp³-hybridized carbons (Fsp3) is 0.429. The maximum Gasteiger partial charge on any atom is 0.158 e. The Kier molecular flexibility index (Phi) is 4.06. The summed E-state index contributed by atoms with van der Waals surface area (Å²) in [5, 5.41) is 7.79. The molecule has 102 valence electrons. The monoisotopic (exact) mass is 322 g/mol. The lowest BCUT2D eigenvalue weighted by atomic mass is 10.1. The summed E-state index contributed by atoms with van der Waals surface area (Å²) in [5.41, 5.74) is 5.49. The van der Waals surface area contributed by atoms with Crippen molar-refractivity contribution in [2.24, 2.45) is 0 Å². The lowest BCUT2D eigenvalue weighted by Gasteiger charge is -2.14. The minimum Gasteiger partial charge on any atom is -0.316 e. The van der Waals surface area contributed by atoms with Crippen molar-refractivity contribution in [1.29, 1.82) is 0 Å². The Morgan fingerprint density at radius 3 is 2.47 bits per heavy atom. The smallest absolute Gasteiger partial charge is 0.158 e. The molecule has 0 bridgehead atoms. The highest BCUT2D eigenvalue weighted by Gasteiger charge is 2.16. The molecule has 0 fully saturated rings. The van der Waals surface area contributed by atoms with Crippen LogP contribution in [-0.2, 0) is 6.54 Å². The first-order valence-corrected chi connectivity index (χ1v) is 7.08. The Balaban J connectivity index is 2.69. The van der Waals surface area contributed by atoms with Gasteiger partial charge < -0.3 is 5.32 Å². The number of nitrogens with zero attached hydrogens (tertiary/aromatic N) is 3. The first kappa shape index (κ1) is 14.2. The van der Waals surface area contributed by atoms with Gasteiger partial charge in [0.2, 0.25) is 0 Å². The molecule has 1 N–H and O–H groups in total. The fourth-order valence-corrected chi connectivity index (χ4v) is 2.49. The van der Waals surface area contributed by atoms with E-state index < -0.39 is 0 Å². The zero-order valence-corrected chi connectivity index (χ0v) is 13.6. The van der Waals surface area contributed by atoms with Gasteiger partial charge in [0.25, 0.3) is 0 Å². The summed E-state index contributed by atoms with van der Waals surface area (Å²) < 4.78 is 2.97. The van der Waals surface area contributed by atoms with E-state index in [-0.39, 0.29) is 0 Å². The van der Waals surface area contributed by atoms with Gasteiger partial charge in [-0.1, -0.05) is 0 Å². The summed E-state index contributed by atoms with van der Waals surface area (Å²) >= 11 is 3.57. The first-order valence-electron chi connectivity index (χ1n) is 6.29. The number of pyridine rings is 1. The van der Waals surface area contributed by atoms with Crippen molar-refractivity contribution in [3.05, 3.63) is 38.7 Å². The van der Waals surface area contributed by atoms with E-state index >= 15 is 0 Å². The minimum absolute atomic E-state index is 0.782. The van der Waals surface area contributed by atoms with Crippen LogP contribution < -0.4 is 5.32 Å². The number of hydrogen-bond donors (Lipinski definition) is 1. The third-order valence-electron chi connectivity index (χ3n) is 3.21. The van der Waals surface area contributed by atoms with Crippen LogP contribution in [0.25, 0.3) is 5.82 Å². The van der Waals surface area contributed by atoms with Crippen molar-refractivity contribution in [3.63, 3.8) is 0 Å². The predicted octanol–water partition coefficient (Wildman–Crippen LogP) is 2.98. The molecule has 0 aliphatic carbocycles. The zero-order chi connectivity index (χ0) is 14.2. The second-order valence-electron chi connectivity index (χ2n) is 4.81. The lowest BCUT2D eigenvalue weighted by molar-refractivity contribution is 0.746. The number of aryl methyl sites for hydroxylation is 3. The summed E-state index contributed by atoms with van der Waals surface area (Å²) in [4.78, 5) is 4.68. The van der Waals surface area contributed by atoms with E-state index in [1.807, 2.05) is 32.5 Å². The third-order valence-corrected chi connectivity index (χ3v) is 4.36. The molecule has 19 heavy (non-hydrogen) atoms. The van der Waals surface area contributed by atoms with Gasteiger partial charge in [0.15, 0.2) is 5.82 Å². The Hall–Kier alpha value is -1.20. The molecule has 0 atom stereocenters. The van der Waals surface area contributed by atoms with Crippen molar-refractivity contribution >= 4 is 15.9 Å². The molecule has 2 aromatic rings. The topological polar surface area (TPSA) is 42.7 Å². The van der Waals surface area contributed by atoms with Crippen molar-refractivity contribution in [3.8, 4) is 5.82 Å². The average Bonchev–Trinajstić information content (AvgIpc) is 2.60. The molecule has 0 unspecified atom stereocenters. The van der Waals surface area contributed by atoms with Crippen molar-refractivity contribution in [2.45, 2.75) is 34.2 Å². The molecule has 2 heterocycles. The Labute approximate surface area is 122 Å². The predicted molar refractivity (Wildman–Crippen MR) is 80.8 cm³/mol. The van der Waals surface area contributed by atoms with E-state index in [2.05, 4.69) is 44.3 Å². The van der Waals surface area contributed by atoms with E-state index in [0.717, 1.165) is 33.9 Å². The summed E-state index contributed by atoms with van der Waals surface area (Å²) in [6.07, 6.45) is 0. The third kappa shape index (κ3) is 2.58. The van der Waals surface area contributed by atoms with Gasteiger partial charge in [0.05, 0.1) is 15.9 Å². The summed E-state index contributed by atoms with van der Waals surface area (Å²) in [7, 11) is 1.94. The van der Waals surface area contributed by atoms with Gasteiger partial charge >= 0.3 is 0 Å². The second-order valence-corrected chi connectivity index (χ2v) is 5.60. The molecule has 0 saturated carbocycles. The van der Waals surface area contributed by atoms with E-state index in [4.69, 9.17) is 0 Å². The highest BCUT2D eigenvalue weighted by Crippen LogP contribution is 2.25. The first-order chi connectivity index (χ1) is 8.95. The highest BCUT2D eigenvalue weighted by atomic mass is 79.9. The summed E-state index contributed by atoms with van der Waals surface area (Å²) in [6.45, 7) is 8.96. The van der Waals surface area contributed by atoms with Crippen LogP contribution in [0.3, 0.4) is 0 Å². The normalized spacial score (nSPS) is 11.1. The molecule has 0 aliphatic rings. The zero-order valence-electron chi connectivity index (χ0n) is 12.0. The molecular formula is C14H19BrN4. The largest absolute Gasteiger partial charge is 0.316 e. The van der Waals surface area contributed by atoms with Crippen LogP contribution in [0.5, 0.6) is 0 Å². The quantitative estimate of drug-likeness (QED) is 0.944. The molecule has 4 nitrogen and oxygen atoms in total. The summed E-state index contributed by atoms with van der Waals surface area (Å²) in [5.74, 6) is 0.915. The van der Waals surface area contributed by atoms with Gasteiger partial charge in [-0.05, 0) is 62.3 Å². The molecule has 2 aromatic heterocycles. The van der Waals surface area contributed by atoms with Crippen LogP contribution >= 0.6 is 15.9 Å². The van der Waals surface area contributed by atoms with Crippen LogP contribution in [-0.4, -0.2) is 21.8 Å². The Bertz CT molecular complexity index is 616. The van der Waals surface area contributed by atoms with Gasteiger partial charge in [-0.25, -0.2) is 9.67 Å². The van der Waals surface area contributed by atoms with Gasteiger partial charge in [-0.3, -0.25) is 0 Å². The van der Waals surface area contributed by atoms with Crippen LogP contribution in [0.4, 0.5) is 0 Å². The second kappa shape index (κ2) is 5.43. The summed E-state index contributed by atoms with van der Waals surface area (Å²) in [6, 6.07) is 2.11. The number of nitrogens with one attached hydrogen (secondary N) is 1. The average molecular weight is 323 g/mol. The van der Waals surface area contributed by atoms with Crippen LogP contribution in [0.1, 0.15) is 28.2 Å². The molecule has 0 spiro atoms. The SMILES string of the molecule is CNCc1c(C)cc(C)nc1-n1nc(C)c(Br)c1C. The minimum atomic E-state index is 0.782. The van der Waals surface area contributed by atoms with Crippen LogP contribution in [0, 0.1) is 27.7 Å². The Morgan fingerprint density at radius 1 is 1.26 bits per heavy atom. The fourth-order valence-electron chi connectivity index (χ4n) is 2.24. The lowest BCUT2D eigenvalue weighted by Crippen LogP contribution is -2.14. The van der Waals surface area contributed by atoms with Crippen LogP contribution in [0.15, 0.2) is 10.5 Å². The molecule has 0 amide bonds. The molecule has 2 rings (SSSR count). The molecule has 0 aliphatic heterocycles. The molecular weight excluding hydrogens is 304 g/mol. The molecule has 0 saturated heterocycles. The van der Waals surface area contributed by atoms with E-state index in [1.54, 1.807) is 0 Å². The van der Waals surface area contributed by atoms with Crippen LogP contribution in [0.2, 0.25) is 0 Å². The molecule has 0 aromatic carbocycles. The standard InChI is InChI=1S/C14H19BrN4/c1-8-6-9(2)17-14(12(8)7-16-5)19-11(4)13(15)10(3)18-19/h6,16H,7H2,1-5H3. The van der Waals surface area contributed by atoms with Gasteiger partial charge in [-0.2, -0.15) is 5.10 Å². The van der Waals surface area contributed by atoms with Gasteiger partial charge in [-0.15, -0.1) is 0 Å². The number of rotatable bonds is 3. The number of halogens is 1. The Morgan fingerprint density at radius 2 is 1.95 bits per heavy atom. The maximum absolute atomic E-state index is 4.68. The molecule has 0 radical (unpaired) electrons. The number of aromatic nitrogens is 3. The maximum atomic E-state index is 4.68. The molecule has 5 heteroatoms. The number of hydrogen-bond acceptors (Lipinski definition) is 3. The van der Waals surface area contributed by atoms with Gasteiger partial charge in [0.1, 0.15) is 0 Å². The van der Waals surface area contributed by atoms with Crippen molar-refractivity contribution < 1.29 is 0 Å². The van der Waals surface area contributed by atoms with E-state index in [1.165, 1.54) is 11.1 Å². The van der Waals surface area contributed by atoms with Crippen molar-refractivity contribution in [1.82, 2.24) is 20.1 Å². The van der Waals surface area contributed by atoms with Gasteiger partial charge in [0, 0.05) is 17.8 Å².